The molecule has 32 heavy (non-hydrogen) atoms. The van der Waals surface area contributed by atoms with E-state index >= 15 is 0 Å². The highest BCUT2D eigenvalue weighted by Crippen LogP contribution is 2.67. The molecule has 0 radical (unpaired) electrons. The monoisotopic (exact) mass is 440 g/mol. The predicted octanol–water partition coefficient (Wildman–Crippen LogP) is 5.99. The summed E-state index contributed by atoms with van der Waals surface area (Å²) in [5.41, 5.74) is -0.138. The van der Waals surface area contributed by atoms with E-state index in [2.05, 4.69) is 39.8 Å². The fourth-order valence-electron chi connectivity index (χ4n) is 7.92. The van der Waals surface area contributed by atoms with Gasteiger partial charge in [0.2, 0.25) is 0 Å². The molecule has 4 heteroatoms. The smallest absolute Gasteiger partial charge is 0.306 e. The molecular formula is C28H40O4. The molecule has 0 aromatic rings. The van der Waals surface area contributed by atoms with Gasteiger partial charge < -0.3 is 4.74 Å². The van der Waals surface area contributed by atoms with Crippen molar-refractivity contribution in [3.05, 3.63) is 23.8 Å². The van der Waals surface area contributed by atoms with E-state index in [9.17, 15) is 14.4 Å². The van der Waals surface area contributed by atoms with Crippen molar-refractivity contribution >= 4 is 17.5 Å². The van der Waals surface area contributed by atoms with Crippen molar-refractivity contribution in [1.82, 2.24) is 0 Å². The van der Waals surface area contributed by atoms with Crippen molar-refractivity contribution in [2.45, 2.75) is 98.0 Å². The number of unbranched alkanes of at least 4 members (excludes halogenated alkanes) is 2. The van der Waals surface area contributed by atoms with Gasteiger partial charge in [0.15, 0.2) is 17.2 Å². The second kappa shape index (κ2) is 8.25. The lowest BCUT2D eigenvalue weighted by molar-refractivity contribution is -0.187. The summed E-state index contributed by atoms with van der Waals surface area (Å²) in [5, 5.41) is 0. The molecule has 0 N–H and O–H groups in total. The van der Waals surface area contributed by atoms with Crippen LogP contribution < -0.4 is 0 Å². The van der Waals surface area contributed by atoms with Gasteiger partial charge in [-0.2, -0.15) is 0 Å². The molecule has 7 atom stereocenters. The second-order valence-electron chi connectivity index (χ2n) is 11.5. The van der Waals surface area contributed by atoms with Crippen LogP contribution in [0.3, 0.4) is 0 Å². The number of carbonyl (C=O) groups is 3. The third-order valence-electron chi connectivity index (χ3n) is 9.78. The number of rotatable bonds is 6. The number of esters is 1. The number of hydrogen-bond acceptors (Lipinski definition) is 4. The predicted molar refractivity (Wildman–Crippen MR) is 125 cm³/mol. The number of Topliss-reactive ketones (excluding diaryl/α,β-unsaturated/α-hetero) is 1. The molecule has 0 saturated heterocycles. The topological polar surface area (TPSA) is 60.4 Å². The molecule has 4 aliphatic carbocycles. The standard InChI is InChI=1S/C28H40O4/c1-6-7-8-9-25(31)32-28(19(3)29)15-13-23-21-11-10-20-16-24(30)18(2)17-26(20,4)22(21)12-14-27(23,28)5/h10-11,16,18,21-23H,6-9,12-15,17H2,1-5H3/t18?,21-,22+,23+,26+,27+,28+/m1/s1. The molecule has 0 heterocycles. The zero-order valence-electron chi connectivity index (χ0n) is 20.5. The number of ketones is 2. The van der Waals surface area contributed by atoms with E-state index in [-0.39, 0.29) is 34.3 Å². The molecule has 4 nitrogen and oxygen atoms in total. The Kier molecular flexibility index (Phi) is 6.05. The fourth-order valence-corrected chi connectivity index (χ4v) is 7.92. The minimum Gasteiger partial charge on any atom is -0.450 e. The molecular weight excluding hydrogens is 400 g/mol. The first-order valence-corrected chi connectivity index (χ1v) is 12.8. The third-order valence-corrected chi connectivity index (χ3v) is 9.78. The van der Waals surface area contributed by atoms with Gasteiger partial charge in [-0.1, -0.05) is 52.7 Å². The summed E-state index contributed by atoms with van der Waals surface area (Å²) in [6, 6.07) is 0. The SMILES string of the molecule is CCCCCC(=O)O[C@]1(C(C)=O)CC[C@H]2[C@@H]3C=CC4=CC(=O)C(C)C[C@]4(C)[C@H]3CC[C@@]21C. The van der Waals surface area contributed by atoms with Gasteiger partial charge in [-0.05, 0) is 80.3 Å². The molecule has 0 amide bonds. The Bertz CT molecular complexity index is 869. The van der Waals surface area contributed by atoms with Crippen LogP contribution in [0.25, 0.3) is 0 Å². The Morgan fingerprint density at radius 3 is 2.53 bits per heavy atom. The number of ether oxygens (including phenoxy) is 1. The van der Waals surface area contributed by atoms with Gasteiger partial charge in [0, 0.05) is 17.8 Å². The number of allylic oxidation sites excluding steroid dienone is 4. The van der Waals surface area contributed by atoms with Gasteiger partial charge in [0.25, 0.3) is 0 Å². The van der Waals surface area contributed by atoms with E-state index in [4.69, 9.17) is 4.74 Å². The zero-order chi connectivity index (χ0) is 23.3. The van der Waals surface area contributed by atoms with Gasteiger partial charge >= 0.3 is 5.97 Å². The van der Waals surface area contributed by atoms with E-state index in [1.54, 1.807) is 6.92 Å². The molecule has 0 aliphatic heterocycles. The fraction of sp³-hybridized carbons (Fsp3) is 0.750. The van der Waals surface area contributed by atoms with Gasteiger partial charge in [-0.15, -0.1) is 0 Å². The quantitative estimate of drug-likeness (QED) is 0.376. The Morgan fingerprint density at radius 2 is 1.84 bits per heavy atom. The minimum atomic E-state index is -0.993. The maximum absolute atomic E-state index is 13.1. The maximum Gasteiger partial charge on any atom is 0.306 e. The highest BCUT2D eigenvalue weighted by atomic mass is 16.6. The third kappa shape index (κ3) is 3.35. The molecule has 2 saturated carbocycles. The Balaban J connectivity index is 1.64. The average Bonchev–Trinajstić information content (AvgIpc) is 3.03. The van der Waals surface area contributed by atoms with Crippen LogP contribution in [0.4, 0.5) is 0 Å². The van der Waals surface area contributed by atoms with Crippen molar-refractivity contribution in [3.8, 4) is 0 Å². The molecule has 2 fully saturated rings. The van der Waals surface area contributed by atoms with E-state index in [0.717, 1.165) is 44.9 Å². The molecule has 0 bridgehead atoms. The van der Waals surface area contributed by atoms with Gasteiger partial charge in [0.05, 0.1) is 0 Å². The lowest BCUT2D eigenvalue weighted by Crippen LogP contribution is -2.58. The lowest BCUT2D eigenvalue weighted by atomic mass is 9.47. The Morgan fingerprint density at radius 1 is 1.12 bits per heavy atom. The lowest BCUT2D eigenvalue weighted by Gasteiger charge is -2.57. The number of hydrogen-bond donors (Lipinski definition) is 0. The summed E-state index contributed by atoms with van der Waals surface area (Å²) in [5.74, 6) is 1.24. The van der Waals surface area contributed by atoms with Crippen LogP contribution in [-0.2, 0) is 19.1 Å². The molecule has 0 aromatic carbocycles. The van der Waals surface area contributed by atoms with E-state index in [1.807, 2.05) is 6.08 Å². The first kappa shape index (κ1) is 23.4. The second-order valence-corrected chi connectivity index (χ2v) is 11.5. The number of fused-ring (bicyclic) bond motifs is 5. The maximum atomic E-state index is 13.1. The molecule has 0 aromatic heterocycles. The van der Waals surface area contributed by atoms with Crippen LogP contribution in [0, 0.1) is 34.5 Å². The first-order chi connectivity index (χ1) is 15.1. The molecule has 4 rings (SSSR count). The summed E-state index contributed by atoms with van der Waals surface area (Å²) >= 11 is 0. The normalized spacial score (nSPS) is 42.5. The molecule has 176 valence electrons. The van der Waals surface area contributed by atoms with Crippen molar-refractivity contribution in [2.24, 2.45) is 34.5 Å². The van der Waals surface area contributed by atoms with Crippen LogP contribution >= 0.6 is 0 Å². The average molecular weight is 441 g/mol. The van der Waals surface area contributed by atoms with Crippen molar-refractivity contribution < 1.29 is 19.1 Å². The van der Waals surface area contributed by atoms with Crippen LogP contribution in [0.2, 0.25) is 0 Å². The zero-order valence-corrected chi connectivity index (χ0v) is 20.5. The Labute approximate surface area is 193 Å². The number of carbonyl (C=O) groups excluding carboxylic acids is 3. The summed E-state index contributed by atoms with van der Waals surface area (Å²) in [6.45, 7) is 10.3. The first-order valence-electron chi connectivity index (χ1n) is 12.8. The molecule has 4 aliphatic rings. The highest BCUT2D eigenvalue weighted by molar-refractivity contribution is 5.94. The van der Waals surface area contributed by atoms with E-state index in [0.29, 0.717) is 30.6 Å². The van der Waals surface area contributed by atoms with Crippen LogP contribution in [0.1, 0.15) is 92.4 Å². The Hall–Kier alpha value is -1.71. The largest absolute Gasteiger partial charge is 0.450 e. The summed E-state index contributed by atoms with van der Waals surface area (Å²) < 4.78 is 6.15. The van der Waals surface area contributed by atoms with Crippen molar-refractivity contribution in [3.63, 3.8) is 0 Å². The minimum absolute atomic E-state index is 0.00633. The van der Waals surface area contributed by atoms with Crippen molar-refractivity contribution in [2.75, 3.05) is 0 Å². The van der Waals surface area contributed by atoms with Crippen molar-refractivity contribution in [1.29, 1.82) is 0 Å². The van der Waals surface area contributed by atoms with Gasteiger partial charge in [-0.3, -0.25) is 14.4 Å². The summed E-state index contributed by atoms with van der Waals surface area (Å²) in [4.78, 5) is 38.2. The van der Waals surface area contributed by atoms with E-state index in [1.165, 1.54) is 5.57 Å². The van der Waals surface area contributed by atoms with Crippen LogP contribution in [-0.4, -0.2) is 23.1 Å². The molecule has 1 unspecified atom stereocenters. The molecule has 0 spiro atoms. The summed E-state index contributed by atoms with van der Waals surface area (Å²) in [7, 11) is 0. The highest BCUT2D eigenvalue weighted by Gasteiger charge is 2.67. The van der Waals surface area contributed by atoms with Crippen LogP contribution in [0.5, 0.6) is 0 Å². The van der Waals surface area contributed by atoms with Gasteiger partial charge in [0.1, 0.15) is 0 Å². The van der Waals surface area contributed by atoms with Crippen LogP contribution in [0.15, 0.2) is 23.8 Å². The van der Waals surface area contributed by atoms with Gasteiger partial charge in [-0.25, -0.2) is 0 Å². The summed E-state index contributed by atoms with van der Waals surface area (Å²) in [6.07, 6.45) is 14.0. The van der Waals surface area contributed by atoms with E-state index < -0.39 is 5.60 Å².